The summed E-state index contributed by atoms with van der Waals surface area (Å²) in [5, 5.41) is 4.36. The predicted octanol–water partition coefficient (Wildman–Crippen LogP) is 2.93. The van der Waals surface area contributed by atoms with Crippen molar-refractivity contribution < 1.29 is 4.79 Å². The molecule has 1 saturated heterocycles. The van der Waals surface area contributed by atoms with Crippen LogP contribution in [-0.4, -0.2) is 53.5 Å². The first-order valence-electron chi connectivity index (χ1n) is 8.12. The smallest absolute Gasteiger partial charge is 0.225 e. The van der Waals surface area contributed by atoms with E-state index in [2.05, 4.69) is 20.2 Å². The lowest BCUT2D eigenvalue weighted by molar-refractivity contribution is -0.131. The quantitative estimate of drug-likeness (QED) is 0.864. The van der Waals surface area contributed by atoms with Gasteiger partial charge in [-0.2, -0.15) is 0 Å². The number of aromatic nitrogens is 2. The third-order valence-electron chi connectivity index (χ3n) is 4.05. The lowest BCUT2D eigenvalue weighted by atomic mass is 10.2. The fourth-order valence-electron chi connectivity index (χ4n) is 2.71. The highest BCUT2D eigenvalue weighted by molar-refractivity contribution is 6.35. The van der Waals surface area contributed by atoms with Crippen LogP contribution in [0.3, 0.4) is 0 Å². The van der Waals surface area contributed by atoms with Crippen LogP contribution in [0.25, 0.3) is 0 Å². The SMILES string of the molecule is O=C(CCNc1cc(Cl)ccc1Cl)N1CCN(c2ncccn2)CC1. The number of hydrogen-bond donors (Lipinski definition) is 1. The van der Waals surface area contributed by atoms with E-state index in [1.165, 1.54) is 0 Å². The number of nitrogens with one attached hydrogen (secondary N) is 1. The zero-order valence-corrected chi connectivity index (χ0v) is 15.2. The van der Waals surface area contributed by atoms with Crippen molar-refractivity contribution in [3.05, 3.63) is 46.7 Å². The van der Waals surface area contributed by atoms with E-state index in [-0.39, 0.29) is 5.91 Å². The van der Waals surface area contributed by atoms with Gasteiger partial charge in [0.25, 0.3) is 0 Å². The molecule has 1 aromatic heterocycles. The van der Waals surface area contributed by atoms with E-state index in [9.17, 15) is 4.79 Å². The van der Waals surface area contributed by atoms with Crippen LogP contribution in [0.1, 0.15) is 6.42 Å². The summed E-state index contributed by atoms with van der Waals surface area (Å²) in [5.41, 5.74) is 0.744. The summed E-state index contributed by atoms with van der Waals surface area (Å²) >= 11 is 12.1. The lowest BCUT2D eigenvalue weighted by Crippen LogP contribution is -2.49. The number of halogens is 2. The second-order valence-electron chi connectivity index (χ2n) is 5.72. The summed E-state index contributed by atoms with van der Waals surface area (Å²) in [6.07, 6.45) is 3.86. The van der Waals surface area contributed by atoms with Crippen molar-refractivity contribution in [2.24, 2.45) is 0 Å². The van der Waals surface area contributed by atoms with Gasteiger partial charge >= 0.3 is 0 Å². The summed E-state index contributed by atoms with van der Waals surface area (Å²) in [7, 11) is 0. The summed E-state index contributed by atoms with van der Waals surface area (Å²) < 4.78 is 0. The summed E-state index contributed by atoms with van der Waals surface area (Å²) in [4.78, 5) is 24.8. The number of carbonyl (C=O) groups is 1. The number of nitrogens with zero attached hydrogens (tertiary/aromatic N) is 4. The maximum atomic E-state index is 12.4. The number of rotatable bonds is 5. The van der Waals surface area contributed by atoms with Crippen molar-refractivity contribution in [3.63, 3.8) is 0 Å². The van der Waals surface area contributed by atoms with Gasteiger partial charge in [0.15, 0.2) is 0 Å². The van der Waals surface area contributed by atoms with E-state index < -0.39 is 0 Å². The van der Waals surface area contributed by atoms with Gasteiger partial charge in [-0.05, 0) is 24.3 Å². The normalized spacial score (nSPS) is 14.5. The molecule has 0 saturated carbocycles. The number of piperazine rings is 1. The van der Waals surface area contributed by atoms with Crippen LogP contribution >= 0.6 is 23.2 Å². The Morgan fingerprint density at radius 1 is 1.12 bits per heavy atom. The standard InChI is InChI=1S/C17H19Cl2N5O/c18-13-2-3-14(19)15(12-13)20-7-4-16(25)23-8-10-24(11-9-23)17-21-5-1-6-22-17/h1-3,5-6,12,20H,4,7-11H2. The predicted molar refractivity (Wildman–Crippen MR) is 100 cm³/mol. The van der Waals surface area contributed by atoms with E-state index in [4.69, 9.17) is 23.2 Å². The van der Waals surface area contributed by atoms with Crippen molar-refractivity contribution in [2.45, 2.75) is 6.42 Å². The average molecular weight is 380 g/mol. The highest BCUT2D eigenvalue weighted by Crippen LogP contribution is 2.25. The van der Waals surface area contributed by atoms with Crippen molar-refractivity contribution in [2.75, 3.05) is 42.9 Å². The molecule has 1 aliphatic heterocycles. The van der Waals surface area contributed by atoms with Crippen molar-refractivity contribution in [1.29, 1.82) is 0 Å². The Hall–Kier alpha value is -2.05. The molecule has 0 aliphatic carbocycles. The molecule has 1 fully saturated rings. The first kappa shape index (κ1) is 17.8. The Labute approximate surface area is 156 Å². The van der Waals surface area contributed by atoms with Gasteiger partial charge in [0.2, 0.25) is 11.9 Å². The minimum atomic E-state index is 0.124. The molecule has 0 atom stereocenters. The highest BCUT2D eigenvalue weighted by atomic mass is 35.5. The molecule has 1 aliphatic rings. The molecule has 0 spiro atoms. The molecule has 0 bridgehead atoms. The van der Waals surface area contributed by atoms with Gasteiger partial charge < -0.3 is 15.1 Å². The third-order valence-corrected chi connectivity index (χ3v) is 4.61. The van der Waals surface area contributed by atoms with Crippen LogP contribution < -0.4 is 10.2 Å². The molecule has 1 aromatic carbocycles. The molecule has 0 radical (unpaired) electrons. The van der Waals surface area contributed by atoms with Gasteiger partial charge in [-0.3, -0.25) is 4.79 Å². The van der Waals surface area contributed by atoms with Crippen LogP contribution in [0.2, 0.25) is 10.0 Å². The second kappa shape index (κ2) is 8.36. The summed E-state index contributed by atoms with van der Waals surface area (Å²) in [6.45, 7) is 3.34. The molecule has 6 nitrogen and oxygen atoms in total. The number of hydrogen-bond acceptors (Lipinski definition) is 5. The van der Waals surface area contributed by atoms with Gasteiger partial charge in [0.05, 0.1) is 10.7 Å². The molecule has 1 amide bonds. The zero-order valence-electron chi connectivity index (χ0n) is 13.7. The molecule has 3 rings (SSSR count). The van der Waals surface area contributed by atoms with Crippen molar-refractivity contribution >= 4 is 40.7 Å². The lowest BCUT2D eigenvalue weighted by Gasteiger charge is -2.34. The van der Waals surface area contributed by atoms with Gasteiger partial charge in [-0.15, -0.1) is 0 Å². The minimum Gasteiger partial charge on any atom is -0.383 e. The molecule has 25 heavy (non-hydrogen) atoms. The van der Waals surface area contributed by atoms with Crippen LogP contribution in [0.15, 0.2) is 36.7 Å². The number of anilines is 2. The van der Waals surface area contributed by atoms with Crippen molar-refractivity contribution in [1.82, 2.24) is 14.9 Å². The Morgan fingerprint density at radius 2 is 1.84 bits per heavy atom. The molecule has 8 heteroatoms. The van der Waals surface area contributed by atoms with Crippen LogP contribution in [0.4, 0.5) is 11.6 Å². The van der Waals surface area contributed by atoms with Crippen LogP contribution in [0.5, 0.6) is 0 Å². The molecule has 0 unspecified atom stereocenters. The number of amides is 1. The number of carbonyl (C=O) groups excluding carboxylic acids is 1. The monoisotopic (exact) mass is 379 g/mol. The van der Waals surface area contributed by atoms with Gasteiger partial charge in [0.1, 0.15) is 0 Å². The summed E-state index contributed by atoms with van der Waals surface area (Å²) in [6, 6.07) is 7.02. The topological polar surface area (TPSA) is 61.4 Å². The fraction of sp³-hybridized carbons (Fsp3) is 0.353. The van der Waals surface area contributed by atoms with Crippen LogP contribution in [0, 0.1) is 0 Å². The zero-order chi connectivity index (χ0) is 17.6. The minimum absolute atomic E-state index is 0.124. The molecular weight excluding hydrogens is 361 g/mol. The van der Waals surface area contributed by atoms with Gasteiger partial charge in [-0.1, -0.05) is 23.2 Å². The maximum Gasteiger partial charge on any atom is 0.225 e. The van der Waals surface area contributed by atoms with E-state index in [0.29, 0.717) is 42.0 Å². The van der Waals surface area contributed by atoms with E-state index in [1.807, 2.05) is 4.90 Å². The maximum absolute atomic E-state index is 12.4. The van der Waals surface area contributed by atoms with E-state index >= 15 is 0 Å². The number of benzene rings is 1. The Balaban J connectivity index is 1.44. The Morgan fingerprint density at radius 3 is 2.56 bits per heavy atom. The Bertz CT molecular complexity index is 720. The summed E-state index contributed by atoms with van der Waals surface area (Å²) in [5.74, 6) is 0.839. The van der Waals surface area contributed by atoms with Crippen molar-refractivity contribution in [3.8, 4) is 0 Å². The van der Waals surface area contributed by atoms with Gasteiger partial charge in [0, 0.05) is 56.6 Å². The highest BCUT2D eigenvalue weighted by Gasteiger charge is 2.22. The third kappa shape index (κ3) is 4.74. The fourth-order valence-corrected chi connectivity index (χ4v) is 3.06. The van der Waals surface area contributed by atoms with E-state index in [1.54, 1.807) is 36.7 Å². The molecule has 1 N–H and O–H groups in total. The average Bonchev–Trinajstić information content (AvgIpc) is 2.65. The second-order valence-corrected chi connectivity index (χ2v) is 6.56. The van der Waals surface area contributed by atoms with Gasteiger partial charge in [-0.25, -0.2) is 9.97 Å². The largest absolute Gasteiger partial charge is 0.383 e. The first-order valence-corrected chi connectivity index (χ1v) is 8.88. The molecular formula is C17H19Cl2N5O. The molecule has 2 aromatic rings. The Kier molecular flexibility index (Phi) is 5.94. The molecule has 132 valence electrons. The molecule has 2 heterocycles. The van der Waals surface area contributed by atoms with Crippen LogP contribution in [-0.2, 0) is 4.79 Å². The first-order chi connectivity index (χ1) is 12.1. The van der Waals surface area contributed by atoms with E-state index in [0.717, 1.165) is 18.8 Å².